The molecule has 0 bridgehead atoms. The summed E-state index contributed by atoms with van der Waals surface area (Å²) in [5.41, 5.74) is 0. The molecule has 78 valence electrons. The van der Waals surface area contributed by atoms with Crippen LogP contribution < -0.4 is 5.32 Å². The molecule has 0 spiro atoms. The normalized spacial score (nSPS) is 26.5. The average molecular weight is 184 g/mol. The van der Waals surface area contributed by atoms with Gasteiger partial charge in [0.05, 0.1) is 0 Å². The summed E-state index contributed by atoms with van der Waals surface area (Å²) in [5, 5.41) is 3.61. The smallest absolute Gasteiger partial charge is 0.0218 e. The van der Waals surface area contributed by atoms with Gasteiger partial charge in [0.2, 0.25) is 0 Å². The summed E-state index contributed by atoms with van der Waals surface area (Å²) in [6, 6.07) is 1.48. The molecule has 0 amide bonds. The molecule has 1 aliphatic rings. The zero-order valence-electron chi connectivity index (χ0n) is 9.34. The lowest BCUT2D eigenvalue weighted by Crippen LogP contribution is -2.39. The van der Waals surface area contributed by atoms with E-state index in [9.17, 15) is 0 Å². The maximum absolute atomic E-state index is 3.61. The number of nitrogens with zero attached hydrogens (tertiary/aromatic N) is 1. The molecule has 2 nitrogen and oxygen atoms in total. The van der Waals surface area contributed by atoms with E-state index < -0.39 is 0 Å². The van der Waals surface area contributed by atoms with Gasteiger partial charge in [-0.3, -0.25) is 0 Å². The Balaban J connectivity index is 2.10. The Morgan fingerprint density at radius 3 is 2.85 bits per heavy atom. The molecule has 0 aromatic carbocycles. The highest BCUT2D eigenvalue weighted by Crippen LogP contribution is 2.13. The Morgan fingerprint density at radius 2 is 2.31 bits per heavy atom. The molecular formula is C11H24N2. The lowest BCUT2D eigenvalue weighted by Gasteiger charge is -2.22. The SMILES string of the molecule is CCCC(C)NCC1CCCN1C. The Labute approximate surface area is 82.7 Å². The lowest BCUT2D eigenvalue weighted by molar-refractivity contribution is 0.291. The quantitative estimate of drug-likeness (QED) is 0.701. The van der Waals surface area contributed by atoms with Crippen LogP contribution in [0.4, 0.5) is 0 Å². The van der Waals surface area contributed by atoms with E-state index in [2.05, 4.69) is 31.1 Å². The van der Waals surface area contributed by atoms with Crippen LogP contribution in [0, 0.1) is 0 Å². The van der Waals surface area contributed by atoms with Crippen LogP contribution in [-0.4, -0.2) is 37.1 Å². The van der Waals surface area contributed by atoms with Gasteiger partial charge < -0.3 is 10.2 Å². The van der Waals surface area contributed by atoms with Crippen LogP contribution in [0.3, 0.4) is 0 Å². The molecule has 1 fully saturated rings. The largest absolute Gasteiger partial charge is 0.313 e. The molecule has 0 aromatic heterocycles. The molecule has 2 heteroatoms. The van der Waals surface area contributed by atoms with Gasteiger partial charge in [-0.15, -0.1) is 0 Å². The molecule has 1 N–H and O–H groups in total. The minimum absolute atomic E-state index is 0.694. The molecule has 2 atom stereocenters. The predicted molar refractivity (Wildman–Crippen MR) is 58.0 cm³/mol. The first-order valence-electron chi connectivity index (χ1n) is 5.67. The monoisotopic (exact) mass is 184 g/mol. The summed E-state index contributed by atoms with van der Waals surface area (Å²) in [6.45, 7) is 7.00. The summed E-state index contributed by atoms with van der Waals surface area (Å²) in [5.74, 6) is 0. The van der Waals surface area contributed by atoms with Gasteiger partial charge in [0, 0.05) is 18.6 Å². The zero-order chi connectivity index (χ0) is 9.68. The lowest BCUT2D eigenvalue weighted by atomic mass is 10.1. The second-order valence-electron chi connectivity index (χ2n) is 4.37. The van der Waals surface area contributed by atoms with Gasteiger partial charge >= 0.3 is 0 Å². The summed E-state index contributed by atoms with van der Waals surface area (Å²) < 4.78 is 0. The van der Waals surface area contributed by atoms with Crippen LogP contribution in [0.25, 0.3) is 0 Å². The van der Waals surface area contributed by atoms with Gasteiger partial charge in [-0.2, -0.15) is 0 Å². The zero-order valence-corrected chi connectivity index (χ0v) is 9.34. The Bertz CT molecular complexity index is 136. The Morgan fingerprint density at radius 1 is 1.54 bits per heavy atom. The van der Waals surface area contributed by atoms with Crippen molar-refractivity contribution in [3.63, 3.8) is 0 Å². The first-order chi connectivity index (χ1) is 6.24. The van der Waals surface area contributed by atoms with Crippen LogP contribution >= 0.6 is 0 Å². The van der Waals surface area contributed by atoms with Crippen molar-refractivity contribution < 1.29 is 0 Å². The van der Waals surface area contributed by atoms with Crippen molar-refractivity contribution >= 4 is 0 Å². The van der Waals surface area contributed by atoms with Crippen molar-refractivity contribution in [1.82, 2.24) is 10.2 Å². The molecule has 0 radical (unpaired) electrons. The highest BCUT2D eigenvalue weighted by atomic mass is 15.2. The van der Waals surface area contributed by atoms with Gasteiger partial charge in [-0.1, -0.05) is 13.3 Å². The molecule has 1 heterocycles. The van der Waals surface area contributed by atoms with Crippen molar-refractivity contribution in [2.45, 2.75) is 51.6 Å². The van der Waals surface area contributed by atoms with Crippen molar-refractivity contribution in [2.24, 2.45) is 0 Å². The summed E-state index contributed by atoms with van der Waals surface area (Å²) in [4.78, 5) is 2.48. The maximum Gasteiger partial charge on any atom is 0.0218 e. The second kappa shape index (κ2) is 5.61. The van der Waals surface area contributed by atoms with Gasteiger partial charge in [0.15, 0.2) is 0 Å². The van der Waals surface area contributed by atoms with Crippen molar-refractivity contribution in [1.29, 1.82) is 0 Å². The molecule has 13 heavy (non-hydrogen) atoms. The van der Waals surface area contributed by atoms with E-state index in [0.717, 1.165) is 6.04 Å². The topological polar surface area (TPSA) is 15.3 Å². The molecule has 1 rings (SSSR count). The average Bonchev–Trinajstić information content (AvgIpc) is 2.48. The van der Waals surface area contributed by atoms with Crippen LogP contribution in [0.2, 0.25) is 0 Å². The third kappa shape index (κ3) is 3.65. The predicted octanol–water partition coefficient (Wildman–Crippen LogP) is 1.86. The third-order valence-electron chi connectivity index (χ3n) is 3.10. The summed E-state index contributed by atoms with van der Waals surface area (Å²) in [7, 11) is 2.24. The highest BCUT2D eigenvalue weighted by molar-refractivity contribution is 4.79. The minimum atomic E-state index is 0.694. The first-order valence-corrected chi connectivity index (χ1v) is 5.67. The van der Waals surface area contributed by atoms with E-state index in [1.165, 1.54) is 38.8 Å². The Hall–Kier alpha value is -0.0800. The standard InChI is InChI=1S/C11H24N2/c1-4-6-10(2)12-9-11-7-5-8-13(11)3/h10-12H,4-9H2,1-3H3. The van der Waals surface area contributed by atoms with Gasteiger partial charge in [0.1, 0.15) is 0 Å². The van der Waals surface area contributed by atoms with E-state index >= 15 is 0 Å². The van der Waals surface area contributed by atoms with E-state index in [4.69, 9.17) is 0 Å². The fourth-order valence-corrected chi connectivity index (χ4v) is 2.11. The first kappa shape index (κ1) is 11.0. The van der Waals surface area contributed by atoms with E-state index in [1.54, 1.807) is 0 Å². The number of hydrogen-bond acceptors (Lipinski definition) is 2. The van der Waals surface area contributed by atoms with Crippen molar-refractivity contribution in [2.75, 3.05) is 20.1 Å². The van der Waals surface area contributed by atoms with Crippen LogP contribution in [-0.2, 0) is 0 Å². The maximum atomic E-state index is 3.61. The van der Waals surface area contributed by atoms with E-state index in [-0.39, 0.29) is 0 Å². The summed E-state index contributed by atoms with van der Waals surface area (Å²) in [6.07, 6.45) is 5.35. The molecule has 1 saturated heterocycles. The second-order valence-corrected chi connectivity index (χ2v) is 4.37. The highest BCUT2D eigenvalue weighted by Gasteiger charge is 2.20. The number of rotatable bonds is 5. The summed E-state index contributed by atoms with van der Waals surface area (Å²) >= 11 is 0. The number of likely N-dealkylation sites (tertiary alicyclic amines) is 1. The number of hydrogen-bond donors (Lipinski definition) is 1. The third-order valence-corrected chi connectivity index (χ3v) is 3.10. The molecule has 1 aliphatic heterocycles. The molecule has 2 unspecified atom stereocenters. The van der Waals surface area contributed by atoms with E-state index in [0.29, 0.717) is 6.04 Å². The van der Waals surface area contributed by atoms with Crippen molar-refractivity contribution in [3.8, 4) is 0 Å². The van der Waals surface area contributed by atoms with Gasteiger partial charge in [-0.25, -0.2) is 0 Å². The number of nitrogens with one attached hydrogen (secondary N) is 1. The molecule has 0 aromatic rings. The van der Waals surface area contributed by atoms with Crippen LogP contribution in [0.1, 0.15) is 39.5 Å². The fourth-order valence-electron chi connectivity index (χ4n) is 2.11. The van der Waals surface area contributed by atoms with Crippen LogP contribution in [0.15, 0.2) is 0 Å². The fraction of sp³-hybridized carbons (Fsp3) is 1.00. The van der Waals surface area contributed by atoms with Crippen LogP contribution in [0.5, 0.6) is 0 Å². The van der Waals surface area contributed by atoms with Gasteiger partial charge in [0.25, 0.3) is 0 Å². The van der Waals surface area contributed by atoms with Crippen molar-refractivity contribution in [3.05, 3.63) is 0 Å². The molecular weight excluding hydrogens is 160 g/mol. The van der Waals surface area contributed by atoms with E-state index in [1.807, 2.05) is 0 Å². The molecule has 0 aliphatic carbocycles. The molecule has 0 saturated carbocycles. The van der Waals surface area contributed by atoms with Gasteiger partial charge in [-0.05, 0) is 39.8 Å². The Kier molecular flexibility index (Phi) is 4.74. The minimum Gasteiger partial charge on any atom is -0.313 e. The number of likely N-dealkylation sites (N-methyl/N-ethyl adjacent to an activating group) is 1.